The molecule has 1 heterocycles. The highest BCUT2D eigenvalue weighted by molar-refractivity contribution is 5.86. The molecule has 0 saturated carbocycles. The molecule has 140 valence electrons. The molecule has 1 heteroatoms. The minimum absolute atomic E-state index is 0.920. The Kier molecular flexibility index (Phi) is 4.80. The summed E-state index contributed by atoms with van der Waals surface area (Å²) < 4.78 is 6.56. The van der Waals surface area contributed by atoms with Crippen molar-refractivity contribution in [3.8, 4) is 22.5 Å². The predicted molar refractivity (Wildman–Crippen MR) is 121 cm³/mol. The fourth-order valence-electron chi connectivity index (χ4n) is 4.13. The van der Waals surface area contributed by atoms with Crippen LogP contribution < -0.4 is 0 Å². The van der Waals surface area contributed by atoms with E-state index >= 15 is 0 Å². The molecular formula is C28H23O+. The maximum atomic E-state index is 6.56. The SMILES string of the molecule is C(=C1CCCc2c(-c3ccccc3)cc(-c3ccccc3)[o+]c21)c1ccccc1. The van der Waals surface area contributed by atoms with Gasteiger partial charge >= 0.3 is 11.5 Å². The molecule has 3 aromatic carbocycles. The van der Waals surface area contributed by atoms with E-state index in [2.05, 4.69) is 97.1 Å². The maximum absolute atomic E-state index is 6.56. The van der Waals surface area contributed by atoms with E-state index in [1.54, 1.807) is 0 Å². The molecule has 0 amide bonds. The van der Waals surface area contributed by atoms with Crippen LogP contribution in [-0.2, 0) is 6.42 Å². The molecule has 4 aromatic rings. The maximum Gasteiger partial charge on any atom is 0.361 e. The van der Waals surface area contributed by atoms with Gasteiger partial charge in [0.05, 0.1) is 22.8 Å². The summed E-state index contributed by atoms with van der Waals surface area (Å²) in [5.41, 5.74) is 7.47. The number of allylic oxidation sites excluding steroid dienone is 1. The summed E-state index contributed by atoms with van der Waals surface area (Å²) in [5.74, 6) is 1.96. The number of benzene rings is 3. The summed E-state index contributed by atoms with van der Waals surface area (Å²) in [6, 6.07) is 33.8. The number of hydrogen-bond acceptors (Lipinski definition) is 0. The van der Waals surface area contributed by atoms with Gasteiger partial charge in [0.25, 0.3) is 0 Å². The van der Waals surface area contributed by atoms with Gasteiger partial charge in [-0.05, 0) is 48.6 Å². The van der Waals surface area contributed by atoms with Crippen LogP contribution in [0, 0.1) is 0 Å². The van der Waals surface area contributed by atoms with Crippen LogP contribution in [0.25, 0.3) is 34.1 Å². The second-order valence-corrected chi connectivity index (χ2v) is 7.50. The Bertz CT molecular complexity index is 1140. The van der Waals surface area contributed by atoms with Gasteiger partial charge in [-0.2, -0.15) is 0 Å². The van der Waals surface area contributed by atoms with Gasteiger partial charge in [-0.15, -0.1) is 0 Å². The highest BCUT2D eigenvalue weighted by Crippen LogP contribution is 2.41. The van der Waals surface area contributed by atoms with E-state index < -0.39 is 0 Å². The molecule has 1 aliphatic carbocycles. The van der Waals surface area contributed by atoms with Crippen molar-refractivity contribution in [3.05, 3.63) is 114 Å². The minimum atomic E-state index is 0.920. The van der Waals surface area contributed by atoms with Gasteiger partial charge in [0.15, 0.2) is 0 Å². The first kappa shape index (κ1) is 17.6. The Hall–Kier alpha value is -3.45. The van der Waals surface area contributed by atoms with Crippen molar-refractivity contribution in [2.24, 2.45) is 0 Å². The van der Waals surface area contributed by atoms with Crippen molar-refractivity contribution in [2.45, 2.75) is 19.3 Å². The molecule has 0 N–H and O–H groups in total. The second-order valence-electron chi connectivity index (χ2n) is 7.50. The lowest BCUT2D eigenvalue weighted by molar-refractivity contribution is 0.529. The summed E-state index contributed by atoms with van der Waals surface area (Å²) >= 11 is 0. The van der Waals surface area contributed by atoms with Gasteiger partial charge in [0.1, 0.15) is 0 Å². The van der Waals surface area contributed by atoms with Gasteiger partial charge in [0.2, 0.25) is 0 Å². The average Bonchev–Trinajstić information content (AvgIpc) is 2.80. The Labute approximate surface area is 172 Å². The molecule has 0 atom stereocenters. The molecular weight excluding hydrogens is 352 g/mol. The molecule has 0 radical (unpaired) electrons. The Morgan fingerprint density at radius 2 is 1.28 bits per heavy atom. The Balaban J connectivity index is 1.73. The smallest absolute Gasteiger partial charge is 0.207 e. The van der Waals surface area contributed by atoms with E-state index in [4.69, 9.17) is 4.42 Å². The van der Waals surface area contributed by atoms with Crippen LogP contribution in [0.5, 0.6) is 0 Å². The summed E-state index contributed by atoms with van der Waals surface area (Å²) in [6.45, 7) is 0. The van der Waals surface area contributed by atoms with Crippen molar-refractivity contribution in [2.75, 3.05) is 0 Å². The molecule has 0 unspecified atom stereocenters. The Morgan fingerprint density at radius 1 is 0.655 bits per heavy atom. The van der Waals surface area contributed by atoms with Crippen molar-refractivity contribution >= 4 is 11.6 Å². The molecule has 0 aliphatic heterocycles. The first-order valence-corrected chi connectivity index (χ1v) is 10.3. The van der Waals surface area contributed by atoms with Gasteiger partial charge in [-0.1, -0.05) is 78.9 Å². The van der Waals surface area contributed by atoms with E-state index in [0.717, 1.165) is 36.3 Å². The molecule has 5 rings (SSSR count). The van der Waals surface area contributed by atoms with E-state index in [-0.39, 0.29) is 0 Å². The van der Waals surface area contributed by atoms with Crippen molar-refractivity contribution in [3.63, 3.8) is 0 Å². The van der Waals surface area contributed by atoms with Gasteiger partial charge < -0.3 is 0 Å². The normalized spacial score (nSPS) is 14.6. The minimum Gasteiger partial charge on any atom is -0.207 e. The zero-order valence-corrected chi connectivity index (χ0v) is 16.3. The lowest BCUT2D eigenvalue weighted by Crippen LogP contribution is -2.05. The van der Waals surface area contributed by atoms with Crippen LogP contribution in [-0.4, -0.2) is 0 Å². The standard InChI is InChI=1S/C28H23O/c1-4-11-21(12-5-1)19-24-17-10-18-25-26(22-13-6-2-7-14-22)20-27(29-28(24)25)23-15-8-3-9-16-23/h1-9,11-16,19-20H,10,17-18H2/q+1. The molecule has 0 spiro atoms. The first-order chi connectivity index (χ1) is 14.4. The van der Waals surface area contributed by atoms with E-state index in [1.165, 1.54) is 27.8 Å². The molecule has 1 nitrogen and oxygen atoms in total. The van der Waals surface area contributed by atoms with Crippen molar-refractivity contribution in [1.29, 1.82) is 0 Å². The average molecular weight is 375 g/mol. The quantitative estimate of drug-likeness (QED) is 0.333. The van der Waals surface area contributed by atoms with Crippen LogP contribution in [0.1, 0.15) is 29.7 Å². The van der Waals surface area contributed by atoms with E-state index in [1.807, 2.05) is 6.07 Å². The van der Waals surface area contributed by atoms with Gasteiger partial charge in [-0.25, -0.2) is 4.42 Å². The van der Waals surface area contributed by atoms with Gasteiger partial charge in [-0.3, -0.25) is 0 Å². The summed E-state index contributed by atoms with van der Waals surface area (Å²) in [4.78, 5) is 0. The first-order valence-electron chi connectivity index (χ1n) is 10.3. The Morgan fingerprint density at radius 3 is 1.97 bits per heavy atom. The predicted octanol–water partition coefficient (Wildman–Crippen LogP) is 7.77. The molecule has 0 saturated heterocycles. The fourth-order valence-corrected chi connectivity index (χ4v) is 4.13. The monoisotopic (exact) mass is 375 g/mol. The summed E-state index contributed by atoms with van der Waals surface area (Å²) in [5, 5.41) is 0. The van der Waals surface area contributed by atoms with Crippen LogP contribution in [0.2, 0.25) is 0 Å². The third-order valence-corrected chi connectivity index (χ3v) is 5.53. The number of fused-ring (bicyclic) bond motifs is 1. The lowest BCUT2D eigenvalue weighted by atomic mass is 9.86. The number of rotatable bonds is 3. The third-order valence-electron chi connectivity index (χ3n) is 5.53. The zero-order chi connectivity index (χ0) is 19.5. The topological polar surface area (TPSA) is 11.3 Å². The summed E-state index contributed by atoms with van der Waals surface area (Å²) in [6.07, 6.45) is 5.51. The molecule has 1 aromatic heterocycles. The number of hydrogen-bond donors (Lipinski definition) is 0. The van der Waals surface area contributed by atoms with Crippen LogP contribution in [0.15, 0.2) is 101 Å². The van der Waals surface area contributed by atoms with Gasteiger partial charge in [0, 0.05) is 5.56 Å². The molecule has 1 aliphatic rings. The van der Waals surface area contributed by atoms with E-state index in [0.29, 0.717) is 0 Å². The molecule has 29 heavy (non-hydrogen) atoms. The van der Waals surface area contributed by atoms with Crippen molar-refractivity contribution in [1.82, 2.24) is 0 Å². The second kappa shape index (κ2) is 7.89. The lowest BCUT2D eigenvalue weighted by Gasteiger charge is -2.15. The summed E-state index contributed by atoms with van der Waals surface area (Å²) in [7, 11) is 0. The molecule has 0 fully saturated rings. The zero-order valence-electron chi connectivity index (χ0n) is 16.3. The fraction of sp³-hybridized carbons (Fsp3) is 0.107. The molecule has 0 bridgehead atoms. The largest absolute Gasteiger partial charge is 0.361 e. The van der Waals surface area contributed by atoms with Crippen LogP contribution in [0.3, 0.4) is 0 Å². The van der Waals surface area contributed by atoms with Crippen LogP contribution in [0.4, 0.5) is 0 Å². The highest BCUT2D eigenvalue weighted by Gasteiger charge is 2.31. The highest BCUT2D eigenvalue weighted by atomic mass is 16.3. The third kappa shape index (κ3) is 3.64. The van der Waals surface area contributed by atoms with Crippen LogP contribution >= 0.6 is 0 Å². The van der Waals surface area contributed by atoms with E-state index in [9.17, 15) is 0 Å². The van der Waals surface area contributed by atoms with Crippen molar-refractivity contribution < 1.29 is 4.42 Å².